The number of hydrogen-bond donors (Lipinski definition) is 1. The van der Waals surface area contributed by atoms with Gasteiger partial charge in [-0.05, 0) is 50.1 Å². The predicted molar refractivity (Wildman–Crippen MR) is 114 cm³/mol. The minimum Gasteiger partial charge on any atom is -0.450 e. The Morgan fingerprint density at radius 1 is 1.22 bits per heavy atom. The molecule has 0 bridgehead atoms. The third-order valence-electron chi connectivity index (χ3n) is 5.37. The van der Waals surface area contributed by atoms with Gasteiger partial charge in [0.2, 0.25) is 0 Å². The number of amides is 1. The van der Waals surface area contributed by atoms with E-state index in [1.54, 1.807) is 36.4 Å². The average Bonchev–Trinajstić information content (AvgIpc) is 3.25. The summed E-state index contributed by atoms with van der Waals surface area (Å²) in [7, 11) is -2.53. The lowest BCUT2D eigenvalue weighted by Gasteiger charge is -2.32. The average molecular weight is 460 g/mol. The number of imidazole rings is 1. The number of nitrogens with one attached hydrogen (secondary N) is 1. The van der Waals surface area contributed by atoms with Crippen LogP contribution in [0.2, 0.25) is 0 Å². The van der Waals surface area contributed by atoms with Gasteiger partial charge in [-0.1, -0.05) is 0 Å². The first kappa shape index (κ1) is 21.8. The van der Waals surface area contributed by atoms with Crippen molar-refractivity contribution in [3.63, 3.8) is 0 Å². The predicted octanol–water partition coefficient (Wildman–Crippen LogP) is 3.28. The van der Waals surface area contributed by atoms with E-state index >= 15 is 0 Å². The van der Waals surface area contributed by atoms with Crippen molar-refractivity contribution in [3.8, 4) is 22.6 Å². The van der Waals surface area contributed by atoms with E-state index in [4.69, 9.17) is 4.74 Å². The van der Waals surface area contributed by atoms with Crippen LogP contribution < -0.4 is 0 Å². The molecule has 9 nitrogen and oxygen atoms in total. The number of carbonyl (C=O) groups is 1. The van der Waals surface area contributed by atoms with Gasteiger partial charge < -0.3 is 19.2 Å². The van der Waals surface area contributed by atoms with E-state index in [0.717, 1.165) is 0 Å². The van der Waals surface area contributed by atoms with Gasteiger partial charge in [0.05, 0.1) is 30.0 Å². The van der Waals surface area contributed by atoms with Crippen LogP contribution in [0.1, 0.15) is 25.8 Å². The van der Waals surface area contributed by atoms with Gasteiger partial charge in [0.1, 0.15) is 5.82 Å². The van der Waals surface area contributed by atoms with Crippen LogP contribution in [-0.2, 0) is 15.0 Å². The summed E-state index contributed by atoms with van der Waals surface area (Å²) in [4.78, 5) is 25.1. The number of likely N-dealkylation sites (tertiary alicyclic amines) is 1. The van der Waals surface area contributed by atoms with Gasteiger partial charge in [-0.2, -0.15) is 8.42 Å². The van der Waals surface area contributed by atoms with Gasteiger partial charge in [0.25, 0.3) is 15.1 Å². The second-order valence-electron chi connectivity index (χ2n) is 7.29. The fourth-order valence-electron chi connectivity index (χ4n) is 3.84. The fraction of sp³-hybridized carbons (Fsp3) is 0.333. The number of ether oxygens (including phenoxy) is 1. The molecule has 0 saturated carbocycles. The number of H-pyrrole nitrogens is 1. The monoisotopic (exact) mass is 459 g/mol. The largest absolute Gasteiger partial charge is 0.450 e. The maximum atomic E-state index is 13.5. The van der Waals surface area contributed by atoms with Crippen LogP contribution in [0.4, 0.5) is 9.18 Å². The van der Waals surface area contributed by atoms with Crippen molar-refractivity contribution in [2.24, 2.45) is 0 Å². The summed E-state index contributed by atoms with van der Waals surface area (Å²) >= 11 is 0. The third kappa shape index (κ3) is 4.42. The van der Waals surface area contributed by atoms with E-state index < -0.39 is 10.3 Å². The molecule has 32 heavy (non-hydrogen) atoms. The second kappa shape index (κ2) is 9.35. The van der Waals surface area contributed by atoms with Crippen molar-refractivity contribution in [1.82, 2.24) is 24.4 Å². The summed E-state index contributed by atoms with van der Waals surface area (Å²) in [6, 6.07) is 7.63. The number of piperidine rings is 1. The highest BCUT2D eigenvalue weighted by Gasteiger charge is 2.28. The van der Waals surface area contributed by atoms with Gasteiger partial charge in [-0.15, -0.1) is 0 Å². The summed E-state index contributed by atoms with van der Waals surface area (Å²) in [6.45, 7) is 3.15. The smallest absolute Gasteiger partial charge is 0.409 e. The Morgan fingerprint density at radius 3 is 2.59 bits per heavy atom. The van der Waals surface area contributed by atoms with Crippen LogP contribution in [-0.4, -0.2) is 58.6 Å². The Balaban J connectivity index is 1.76. The van der Waals surface area contributed by atoms with Crippen LogP contribution in [0.5, 0.6) is 0 Å². The van der Waals surface area contributed by atoms with E-state index in [1.807, 2.05) is 4.57 Å². The number of nitrogens with zero attached hydrogens (tertiary/aromatic N) is 4. The Bertz CT molecular complexity index is 1280. The quantitative estimate of drug-likeness (QED) is 0.600. The molecule has 1 aliphatic rings. The Kier molecular flexibility index (Phi) is 6.35. The van der Waals surface area contributed by atoms with Gasteiger partial charge >= 0.3 is 6.09 Å². The molecule has 3 aromatic rings. The molecule has 11 heteroatoms. The third-order valence-corrected chi connectivity index (χ3v) is 5.89. The molecule has 1 N–H and O–H groups in total. The molecule has 0 radical (unpaired) electrons. The Morgan fingerprint density at radius 2 is 1.94 bits per heavy atom. The topological polar surface area (TPSA) is 110 Å². The molecule has 2 aromatic heterocycles. The summed E-state index contributed by atoms with van der Waals surface area (Å²) in [5.74, 6) is -0.363. The number of benzene rings is 1. The molecular weight excluding hydrogens is 437 g/mol. The molecule has 1 aromatic carbocycles. The minimum atomic E-state index is -2.53. The van der Waals surface area contributed by atoms with Gasteiger partial charge in [0, 0.05) is 30.9 Å². The van der Waals surface area contributed by atoms with E-state index in [9.17, 15) is 17.6 Å². The number of aromatic nitrogens is 4. The minimum absolute atomic E-state index is 0.0181. The zero-order chi connectivity index (χ0) is 22.7. The van der Waals surface area contributed by atoms with Gasteiger partial charge in [0.15, 0.2) is 0 Å². The van der Waals surface area contributed by atoms with Crippen molar-refractivity contribution in [2.75, 3.05) is 19.7 Å². The number of carbonyl (C=O) groups excluding carboxylic acids is 1. The van der Waals surface area contributed by atoms with Gasteiger partial charge in [-0.3, -0.25) is 0 Å². The maximum absolute atomic E-state index is 13.5. The Hall–Kier alpha value is -3.47. The highest BCUT2D eigenvalue weighted by molar-refractivity contribution is 7.63. The molecule has 1 amide bonds. The van der Waals surface area contributed by atoms with E-state index in [0.29, 0.717) is 55.2 Å². The van der Waals surface area contributed by atoms with Crippen molar-refractivity contribution >= 4 is 16.4 Å². The summed E-state index contributed by atoms with van der Waals surface area (Å²) in [6.07, 6.45) is 4.20. The van der Waals surface area contributed by atoms with E-state index in [-0.39, 0.29) is 22.7 Å². The normalized spacial score (nSPS) is 14.4. The lowest BCUT2D eigenvalue weighted by atomic mass is 10.0. The molecule has 3 heterocycles. The fourth-order valence-corrected chi connectivity index (χ4v) is 4.18. The molecule has 0 aliphatic carbocycles. The van der Waals surface area contributed by atoms with Crippen LogP contribution in [0.3, 0.4) is 0 Å². The number of rotatable bonds is 4. The zero-order valence-corrected chi connectivity index (χ0v) is 18.2. The molecule has 4 rings (SSSR count). The van der Waals surface area contributed by atoms with Crippen LogP contribution in [0.15, 0.2) is 42.9 Å². The van der Waals surface area contributed by atoms with E-state index in [2.05, 4.69) is 15.0 Å². The van der Waals surface area contributed by atoms with E-state index in [1.165, 1.54) is 18.3 Å². The molecule has 0 spiro atoms. The van der Waals surface area contributed by atoms with Crippen molar-refractivity contribution in [2.45, 2.75) is 25.8 Å². The molecule has 168 valence electrons. The summed E-state index contributed by atoms with van der Waals surface area (Å²) in [5, 5.41) is 0. The number of aromatic amines is 1. The van der Waals surface area contributed by atoms with Crippen LogP contribution in [0, 0.1) is 10.6 Å². The zero-order valence-electron chi connectivity index (χ0n) is 17.4. The summed E-state index contributed by atoms with van der Waals surface area (Å²) < 4.78 is 43.2. The first-order valence-electron chi connectivity index (χ1n) is 10.2. The van der Waals surface area contributed by atoms with Gasteiger partial charge in [-0.25, -0.2) is 19.2 Å². The lowest BCUT2D eigenvalue weighted by Crippen LogP contribution is -2.39. The second-order valence-corrected chi connectivity index (χ2v) is 8.14. The maximum Gasteiger partial charge on any atom is 0.409 e. The first-order valence-corrected chi connectivity index (χ1v) is 11.3. The molecule has 1 aliphatic heterocycles. The highest BCUT2D eigenvalue weighted by Crippen LogP contribution is 2.35. The number of halogens is 1. The summed E-state index contributed by atoms with van der Waals surface area (Å²) in [5.41, 5.74) is 2.31. The molecule has 1 saturated heterocycles. The molecule has 0 atom stereocenters. The lowest BCUT2D eigenvalue weighted by molar-refractivity contribution is 0.0928. The molecule has 0 unspecified atom stereocenters. The number of hydrogen-bond acceptors (Lipinski definition) is 6. The first-order chi connectivity index (χ1) is 15.5. The Labute approximate surface area is 185 Å². The van der Waals surface area contributed by atoms with Crippen molar-refractivity contribution in [3.05, 3.63) is 53.4 Å². The van der Waals surface area contributed by atoms with Crippen LogP contribution in [0.25, 0.3) is 22.6 Å². The molecular formula is C21H22FN5O4S. The van der Waals surface area contributed by atoms with Crippen molar-refractivity contribution in [1.29, 1.82) is 0 Å². The standard InChI is InChI=1S/C21H22FN5O4S/c1-2-31-21(28)26-11-8-16(9-12-26)27-13-24-18(14-3-5-15(22)6-4-14)19(27)17-7-10-23-20(25-17)32(29)30/h3-7,10,13,16,23H,2,8-9,11-12H2,1H3. The SMILES string of the molecule is CCOC(=O)N1CCC(n2cnc(-c3ccc(F)cc3)c2-c2cc[nH]c(=S(=O)=O)n2)CC1. The van der Waals surface area contributed by atoms with Crippen molar-refractivity contribution < 1.29 is 22.3 Å². The highest BCUT2D eigenvalue weighted by atomic mass is 32.2. The van der Waals surface area contributed by atoms with Crippen LogP contribution >= 0.6 is 0 Å². The molecule has 1 fully saturated rings.